The van der Waals surface area contributed by atoms with Crippen molar-refractivity contribution in [2.24, 2.45) is 10.9 Å². The fraction of sp³-hybridized carbons (Fsp3) is 0.556. The van der Waals surface area contributed by atoms with Gasteiger partial charge in [-0.3, -0.25) is 9.79 Å². The molecule has 0 saturated heterocycles. The summed E-state index contributed by atoms with van der Waals surface area (Å²) in [4.78, 5) is 19.7. The Balaban J connectivity index is 3.39. The van der Waals surface area contributed by atoms with Crippen LogP contribution in [0.4, 0.5) is 0 Å². The molecule has 4 nitrogen and oxygen atoms in total. The largest absolute Gasteiger partial charge is 0.469 e. The standard InChI is InChI=1S/C18H28N2O2/c1-11(2)17(19-12(3)4)15(8-9-16(21)22-7)18-13(5)10-14(6)20-18/h10-11,20H,8-9H2,1-7H3/b17-15-. The number of hydrogen-bond acceptors (Lipinski definition) is 3. The van der Waals surface area contributed by atoms with Gasteiger partial charge in [-0.05, 0) is 57.2 Å². The van der Waals surface area contributed by atoms with E-state index in [1.54, 1.807) is 0 Å². The predicted octanol–water partition coefficient (Wildman–Crippen LogP) is 4.43. The maximum absolute atomic E-state index is 11.6. The van der Waals surface area contributed by atoms with Crippen LogP contribution in [0, 0.1) is 19.8 Å². The summed E-state index contributed by atoms with van der Waals surface area (Å²) in [5.74, 6) is 0.0873. The Bertz CT molecular complexity index is 588. The number of H-pyrrole nitrogens is 1. The van der Waals surface area contributed by atoms with Crippen LogP contribution in [0.5, 0.6) is 0 Å². The molecule has 0 atom stereocenters. The molecule has 22 heavy (non-hydrogen) atoms. The van der Waals surface area contributed by atoms with E-state index < -0.39 is 0 Å². The number of rotatable bonds is 6. The number of hydrogen-bond donors (Lipinski definition) is 1. The first-order valence-electron chi connectivity index (χ1n) is 7.74. The monoisotopic (exact) mass is 304 g/mol. The Morgan fingerprint density at radius 1 is 1.27 bits per heavy atom. The molecule has 0 aliphatic carbocycles. The normalized spacial score (nSPS) is 12.2. The van der Waals surface area contributed by atoms with Crippen molar-refractivity contribution in [3.8, 4) is 0 Å². The minimum Gasteiger partial charge on any atom is -0.469 e. The van der Waals surface area contributed by atoms with Crippen molar-refractivity contribution in [1.82, 2.24) is 4.98 Å². The lowest BCUT2D eigenvalue weighted by Crippen LogP contribution is -2.05. The van der Waals surface area contributed by atoms with Gasteiger partial charge in [-0.25, -0.2) is 0 Å². The van der Waals surface area contributed by atoms with Gasteiger partial charge in [-0.2, -0.15) is 0 Å². The minimum atomic E-state index is -0.196. The van der Waals surface area contributed by atoms with Crippen molar-refractivity contribution in [3.63, 3.8) is 0 Å². The first kappa shape index (κ1) is 18.2. The number of nitrogens with one attached hydrogen (secondary N) is 1. The highest BCUT2D eigenvalue weighted by atomic mass is 16.5. The number of methoxy groups -OCH3 is 1. The van der Waals surface area contributed by atoms with E-state index in [4.69, 9.17) is 9.73 Å². The third-order valence-electron chi connectivity index (χ3n) is 3.46. The van der Waals surface area contributed by atoms with Crippen LogP contribution in [0.3, 0.4) is 0 Å². The van der Waals surface area contributed by atoms with E-state index >= 15 is 0 Å². The summed E-state index contributed by atoms with van der Waals surface area (Å²) in [6.45, 7) is 12.4. The topological polar surface area (TPSA) is 54.4 Å². The minimum absolute atomic E-state index is 0.196. The number of carbonyl (C=O) groups is 1. The second-order valence-electron chi connectivity index (χ2n) is 6.16. The van der Waals surface area contributed by atoms with Crippen LogP contribution < -0.4 is 0 Å². The Hall–Kier alpha value is -1.84. The number of carbonyl (C=O) groups excluding carboxylic acids is 1. The van der Waals surface area contributed by atoms with E-state index in [0.29, 0.717) is 12.8 Å². The van der Waals surface area contributed by atoms with E-state index in [-0.39, 0.29) is 11.9 Å². The van der Waals surface area contributed by atoms with Crippen LogP contribution in [-0.4, -0.2) is 23.8 Å². The highest BCUT2D eigenvalue weighted by Gasteiger charge is 2.17. The lowest BCUT2D eigenvalue weighted by Gasteiger charge is -2.16. The maximum Gasteiger partial charge on any atom is 0.305 e. The molecule has 122 valence electrons. The van der Waals surface area contributed by atoms with E-state index in [1.165, 1.54) is 12.7 Å². The Labute approximate surface area is 133 Å². The molecule has 0 aliphatic rings. The van der Waals surface area contributed by atoms with Crippen molar-refractivity contribution in [1.29, 1.82) is 0 Å². The van der Waals surface area contributed by atoms with Gasteiger partial charge >= 0.3 is 5.97 Å². The molecular formula is C18H28N2O2. The molecule has 0 saturated carbocycles. The zero-order chi connectivity index (χ0) is 16.9. The number of aliphatic imine (C=N–C) groups is 1. The van der Waals surface area contributed by atoms with Crippen LogP contribution >= 0.6 is 0 Å². The first-order valence-corrected chi connectivity index (χ1v) is 7.74. The first-order chi connectivity index (χ1) is 10.3. The lowest BCUT2D eigenvalue weighted by atomic mass is 9.96. The highest BCUT2D eigenvalue weighted by molar-refractivity contribution is 5.83. The summed E-state index contributed by atoms with van der Waals surface area (Å²) in [7, 11) is 1.42. The number of allylic oxidation sites excluding steroid dienone is 2. The zero-order valence-electron chi connectivity index (χ0n) is 14.8. The maximum atomic E-state index is 11.6. The molecule has 1 aromatic heterocycles. The van der Waals surface area contributed by atoms with Gasteiger partial charge in [0.2, 0.25) is 0 Å². The SMILES string of the molecule is COC(=O)CC/C(=C(/N=C(C)C)C(C)C)c1[nH]c(C)cc1C. The second-order valence-corrected chi connectivity index (χ2v) is 6.16. The van der Waals surface area contributed by atoms with Gasteiger partial charge in [0.15, 0.2) is 0 Å². The van der Waals surface area contributed by atoms with Crippen LogP contribution in [0.15, 0.2) is 16.8 Å². The number of esters is 1. The summed E-state index contributed by atoms with van der Waals surface area (Å²) in [6, 6.07) is 2.12. The van der Waals surface area contributed by atoms with Gasteiger partial charge in [-0.15, -0.1) is 0 Å². The van der Waals surface area contributed by atoms with Gasteiger partial charge in [0.25, 0.3) is 0 Å². The molecule has 0 unspecified atom stereocenters. The van der Waals surface area contributed by atoms with Crippen molar-refractivity contribution >= 4 is 17.3 Å². The number of aromatic nitrogens is 1. The Morgan fingerprint density at radius 3 is 2.32 bits per heavy atom. The molecule has 0 radical (unpaired) electrons. The summed E-state index contributed by atoms with van der Waals surface area (Å²) >= 11 is 0. The molecule has 0 fully saturated rings. The van der Waals surface area contributed by atoms with Crippen molar-refractivity contribution < 1.29 is 9.53 Å². The van der Waals surface area contributed by atoms with E-state index in [1.807, 2.05) is 20.8 Å². The second kappa shape index (κ2) is 7.97. The molecule has 0 spiro atoms. The van der Waals surface area contributed by atoms with E-state index in [9.17, 15) is 4.79 Å². The van der Waals surface area contributed by atoms with Crippen LogP contribution in [-0.2, 0) is 9.53 Å². The number of aryl methyl sites for hydroxylation is 2. The summed E-state index contributed by atoms with van der Waals surface area (Å²) < 4.78 is 4.79. The van der Waals surface area contributed by atoms with E-state index in [2.05, 4.69) is 31.8 Å². The van der Waals surface area contributed by atoms with Gasteiger partial charge in [0.1, 0.15) is 0 Å². The third kappa shape index (κ3) is 4.86. The van der Waals surface area contributed by atoms with E-state index in [0.717, 1.165) is 28.4 Å². The lowest BCUT2D eigenvalue weighted by molar-refractivity contribution is -0.140. The average Bonchev–Trinajstić information content (AvgIpc) is 2.75. The molecule has 0 aromatic carbocycles. The fourth-order valence-electron chi connectivity index (χ4n) is 2.54. The molecule has 1 rings (SSSR count). The number of nitrogens with zero attached hydrogens (tertiary/aromatic N) is 1. The molecule has 0 bridgehead atoms. The number of ether oxygens (including phenoxy) is 1. The molecule has 1 N–H and O–H groups in total. The van der Waals surface area contributed by atoms with Crippen LogP contribution in [0.1, 0.15) is 57.5 Å². The number of aromatic amines is 1. The Morgan fingerprint density at radius 2 is 1.91 bits per heavy atom. The fourth-order valence-corrected chi connectivity index (χ4v) is 2.54. The van der Waals surface area contributed by atoms with Gasteiger partial charge < -0.3 is 9.72 Å². The predicted molar refractivity (Wildman–Crippen MR) is 92.1 cm³/mol. The van der Waals surface area contributed by atoms with Crippen molar-refractivity contribution in [2.45, 2.75) is 54.4 Å². The van der Waals surface area contributed by atoms with Crippen LogP contribution in [0.2, 0.25) is 0 Å². The average molecular weight is 304 g/mol. The van der Waals surface area contributed by atoms with Gasteiger partial charge in [0.05, 0.1) is 7.11 Å². The molecule has 1 heterocycles. The van der Waals surface area contributed by atoms with Crippen LogP contribution in [0.25, 0.3) is 5.57 Å². The molecule has 0 amide bonds. The third-order valence-corrected chi connectivity index (χ3v) is 3.46. The zero-order valence-corrected chi connectivity index (χ0v) is 14.8. The van der Waals surface area contributed by atoms with Gasteiger partial charge in [0, 0.05) is 29.2 Å². The quantitative estimate of drug-likeness (QED) is 0.624. The molecule has 1 aromatic rings. The molecule has 4 heteroatoms. The molecular weight excluding hydrogens is 276 g/mol. The highest BCUT2D eigenvalue weighted by Crippen LogP contribution is 2.31. The van der Waals surface area contributed by atoms with Crippen molar-refractivity contribution in [3.05, 3.63) is 28.7 Å². The summed E-state index contributed by atoms with van der Waals surface area (Å²) in [6.07, 6.45) is 0.982. The summed E-state index contributed by atoms with van der Waals surface area (Å²) in [5, 5.41) is 0. The van der Waals surface area contributed by atoms with Gasteiger partial charge in [-0.1, -0.05) is 13.8 Å². The Kier molecular flexibility index (Phi) is 6.60. The smallest absolute Gasteiger partial charge is 0.305 e. The van der Waals surface area contributed by atoms with Crippen molar-refractivity contribution in [2.75, 3.05) is 7.11 Å². The molecule has 0 aliphatic heterocycles. The summed E-state index contributed by atoms with van der Waals surface area (Å²) in [5.41, 5.74) is 6.53.